The Bertz CT molecular complexity index is 529. The molecule has 5 heteroatoms. The highest BCUT2D eigenvalue weighted by molar-refractivity contribution is 9.10. The summed E-state index contributed by atoms with van der Waals surface area (Å²) >= 11 is 3.25. The van der Waals surface area contributed by atoms with Crippen molar-refractivity contribution in [3.05, 3.63) is 28.0 Å². The van der Waals surface area contributed by atoms with E-state index in [1.807, 2.05) is 4.90 Å². The van der Waals surface area contributed by atoms with E-state index in [0.29, 0.717) is 10.0 Å². The Hall–Kier alpha value is -1.10. The van der Waals surface area contributed by atoms with Crippen LogP contribution in [0.3, 0.4) is 0 Å². The number of nitrogens with two attached hydrogens (primary N) is 1. The van der Waals surface area contributed by atoms with Crippen LogP contribution in [0.15, 0.2) is 16.6 Å². The fourth-order valence-electron chi connectivity index (χ4n) is 2.84. The van der Waals surface area contributed by atoms with Crippen molar-refractivity contribution in [2.24, 2.45) is 5.41 Å². The molecule has 1 amide bonds. The van der Waals surface area contributed by atoms with Crippen molar-refractivity contribution in [3.8, 4) is 0 Å². The molecule has 0 saturated carbocycles. The van der Waals surface area contributed by atoms with Gasteiger partial charge in [0, 0.05) is 17.6 Å². The van der Waals surface area contributed by atoms with Crippen LogP contribution in [0.4, 0.5) is 10.1 Å². The number of benzene rings is 1. The minimum absolute atomic E-state index is 0.00740. The summed E-state index contributed by atoms with van der Waals surface area (Å²) in [6.07, 6.45) is 3.17. The summed E-state index contributed by atoms with van der Waals surface area (Å²) in [6, 6.07) is 2.67. The number of nitrogen functional groups attached to an aromatic ring is 1. The van der Waals surface area contributed by atoms with Gasteiger partial charge in [-0.25, -0.2) is 4.39 Å². The standard InChI is InChI=1S/C15H20BrFN2O/c1-3-15(4-2)5-6-19(9-15)14(20)10-7-13(18)12(17)8-11(10)16/h7-8H,3-6,9,18H2,1-2H3. The molecule has 1 aromatic rings. The van der Waals surface area contributed by atoms with Gasteiger partial charge in [0.15, 0.2) is 0 Å². The molecule has 3 nitrogen and oxygen atoms in total. The summed E-state index contributed by atoms with van der Waals surface area (Å²) in [5.41, 5.74) is 6.24. The van der Waals surface area contributed by atoms with E-state index >= 15 is 0 Å². The zero-order valence-corrected chi connectivity index (χ0v) is 13.5. The molecule has 1 aromatic carbocycles. The fraction of sp³-hybridized carbons (Fsp3) is 0.533. The molecule has 1 fully saturated rings. The molecule has 110 valence electrons. The van der Waals surface area contributed by atoms with Gasteiger partial charge < -0.3 is 10.6 Å². The summed E-state index contributed by atoms with van der Waals surface area (Å²) in [5, 5.41) is 0. The predicted octanol–water partition coefficient (Wildman–Crippen LogP) is 3.82. The van der Waals surface area contributed by atoms with Gasteiger partial charge in [-0.2, -0.15) is 0 Å². The monoisotopic (exact) mass is 342 g/mol. The van der Waals surface area contributed by atoms with Crippen LogP contribution in [0.2, 0.25) is 0 Å². The van der Waals surface area contributed by atoms with Gasteiger partial charge in [0.2, 0.25) is 0 Å². The highest BCUT2D eigenvalue weighted by atomic mass is 79.9. The maximum atomic E-state index is 13.4. The Labute approximate surface area is 127 Å². The van der Waals surface area contributed by atoms with E-state index in [-0.39, 0.29) is 17.0 Å². The first-order valence-electron chi connectivity index (χ1n) is 6.96. The first-order valence-corrected chi connectivity index (χ1v) is 7.75. The highest BCUT2D eigenvalue weighted by Crippen LogP contribution is 2.38. The maximum Gasteiger partial charge on any atom is 0.255 e. The molecule has 2 N–H and O–H groups in total. The van der Waals surface area contributed by atoms with Crippen molar-refractivity contribution < 1.29 is 9.18 Å². The van der Waals surface area contributed by atoms with Crippen molar-refractivity contribution in [2.45, 2.75) is 33.1 Å². The zero-order valence-electron chi connectivity index (χ0n) is 11.9. The maximum absolute atomic E-state index is 13.4. The lowest BCUT2D eigenvalue weighted by Gasteiger charge is -2.26. The van der Waals surface area contributed by atoms with E-state index in [0.717, 1.165) is 32.4 Å². The van der Waals surface area contributed by atoms with Gasteiger partial charge in [0.25, 0.3) is 5.91 Å². The van der Waals surface area contributed by atoms with Crippen molar-refractivity contribution >= 4 is 27.5 Å². The van der Waals surface area contributed by atoms with Gasteiger partial charge in [-0.3, -0.25) is 4.79 Å². The largest absolute Gasteiger partial charge is 0.396 e. The number of rotatable bonds is 3. The Morgan fingerprint density at radius 1 is 1.45 bits per heavy atom. The van der Waals surface area contributed by atoms with Crippen LogP contribution < -0.4 is 5.73 Å². The van der Waals surface area contributed by atoms with Gasteiger partial charge in [0.1, 0.15) is 5.82 Å². The van der Waals surface area contributed by atoms with Crippen molar-refractivity contribution in [1.82, 2.24) is 4.90 Å². The molecule has 0 aromatic heterocycles. The minimum atomic E-state index is -0.508. The fourth-order valence-corrected chi connectivity index (χ4v) is 3.32. The lowest BCUT2D eigenvalue weighted by Crippen LogP contribution is -2.32. The van der Waals surface area contributed by atoms with Crippen molar-refractivity contribution in [2.75, 3.05) is 18.8 Å². The van der Waals surface area contributed by atoms with Gasteiger partial charge >= 0.3 is 0 Å². The summed E-state index contributed by atoms with van der Waals surface area (Å²) in [6.45, 7) is 5.86. The predicted molar refractivity (Wildman–Crippen MR) is 82.0 cm³/mol. The molecular weight excluding hydrogens is 323 g/mol. The first kappa shape index (κ1) is 15.3. The van der Waals surface area contributed by atoms with E-state index in [1.54, 1.807) is 0 Å². The number of nitrogens with zero attached hydrogens (tertiary/aromatic N) is 1. The minimum Gasteiger partial charge on any atom is -0.396 e. The van der Waals surface area contributed by atoms with Crippen molar-refractivity contribution in [3.63, 3.8) is 0 Å². The first-order chi connectivity index (χ1) is 9.42. The third kappa shape index (κ3) is 2.68. The molecule has 0 bridgehead atoms. The molecule has 1 saturated heterocycles. The van der Waals surface area contributed by atoms with Gasteiger partial charge in [-0.15, -0.1) is 0 Å². The number of likely N-dealkylation sites (tertiary alicyclic amines) is 1. The molecule has 0 aliphatic carbocycles. The number of hydrogen-bond acceptors (Lipinski definition) is 2. The van der Waals surface area contributed by atoms with Crippen LogP contribution in [0.5, 0.6) is 0 Å². The normalized spacial score (nSPS) is 17.5. The van der Waals surface area contributed by atoms with Crippen molar-refractivity contribution in [1.29, 1.82) is 0 Å². The number of carbonyl (C=O) groups excluding carboxylic acids is 1. The number of anilines is 1. The van der Waals surface area contributed by atoms with E-state index in [9.17, 15) is 9.18 Å². The molecule has 0 radical (unpaired) electrons. The molecule has 1 heterocycles. The van der Waals surface area contributed by atoms with Gasteiger partial charge in [0.05, 0.1) is 11.3 Å². The van der Waals surface area contributed by atoms with Crippen LogP contribution in [-0.4, -0.2) is 23.9 Å². The molecule has 1 aliphatic rings. The third-order valence-electron chi connectivity index (χ3n) is 4.54. The van der Waals surface area contributed by atoms with E-state index < -0.39 is 5.82 Å². The Kier molecular flexibility index (Phi) is 4.37. The van der Waals surface area contributed by atoms with Crippen LogP contribution in [0.25, 0.3) is 0 Å². The molecule has 0 atom stereocenters. The molecule has 0 spiro atoms. The second-order valence-corrected chi connectivity index (χ2v) is 6.39. The molecule has 20 heavy (non-hydrogen) atoms. The van der Waals surface area contributed by atoms with Gasteiger partial charge in [-0.1, -0.05) is 13.8 Å². The highest BCUT2D eigenvalue weighted by Gasteiger charge is 2.37. The Morgan fingerprint density at radius 3 is 2.65 bits per heavy atom. The lowest BCUT2D eigenvalue weighted by molar-refractivity contribution is 0.0769. The summed E-state index contributed by atoms with van der Waals surface area (Å²) in [7, 11) is 0. The average Bonchev–Trinajstić information content (AvgIpc) is 2.87. The number of halogens is 2. The zero-order chi connectivity index (χ0) is 14.9. The molecular formula is C15H20BrFN2O. The average molecular weight is 343 g/mol. The summed E-state index contributed by atoms with van der Waals surface area (Å²) < 4.78 is 13.8. The number of amides is 1. The molecule has 0 unspecified atom stereocenters. The van der Waals surface area contributed by atoms with E-state index in [2.05, 4.69) is 29.8 Å². The third-order valence-corrected chi connectivity index (χ3v) is 5.20. The van der Waals surface area contributed by atoms with E-state index in [1.165, 1.54) is 12.1 Å². The van der Waals surface area contributed by atoms with Gasteiger partial charge in [-0.05, 0) is 52.7 Å². The summed E-state index contributed by atoms with van der Waals surface area (Å²) in [4.78, 5) is 14.4. The summed E-state index contributed by atoms with van der Waals surface area (Å²) in [5.74, 6) is -0.585. The SMILES string of the molecule is CCC1(CC)CCN(C(=O)c2cc(N)c(F)cc2Br)C1. The Balaban J connectivity index is 2.23. The van der Waals surface area contributed by atoms with Crippen LogP contribution in [-0.2, 0) is 0 Å². The van der Waals surface area contributed by atoms with E-state index in [4.69, 9.17) is 5.73 Å². The molecule has 2 rings (SSSR count). The second kappa shape index (κ2) is 5.72. The second-order valence-electron chi connectivity index (χ2n) is 5.54. The smallest absolute Gasteiger partial charge is 0.255 e. The quantitative estimate of drug-likeness (QED) is 0.848. The van der Waals surface area contributed by atoms with Crippen LogP contribution in [0.1, 0.15) is 43.5 Å². The van der Waals surface area contributed by atoms with Crippen LogP contribution in [0, 0.1) is 11.2 Å². The number of carbonyl (C=O) groups is 1. The Morgan fingerprint density at radius 2 is 2.10 bits per heavy atom. The topological polar surface area (TPSA) is 46.3 Å². The lowest BCUT2D eigenvalue weighted by atomic mass is 9.82. The number of hydrogen-bond donors (Lipinski definition) is 1. The molecule has 1 aliphatic heterocycles. The van der Waals surface area contributed by atoms with Crippen LogP contribution >= 0.6 is 15.9 Å².